The molecule has 0 saturated heterocycles. The summed E-state index contributed by atoms with van der Waals surface area (Å²) >= 11 is 0. The van der Waals surface area contributed by atoms with Gasteiger partial charge in [-0.25, -0.2) is 0 Å². The highest BCUT2D eigenvalue weighted by Crippen LogP contribution is 2.14. The zero-order valence-electron chi connectivity index (χ0n) is 7.86. The predicted molar refractivity (Wildman–Crippen MR) is 47.6 cm³/mol. The quantitative estimate of drug-likeness (QED) is 0.739. The van der Waals surface area contributed by atoms with Gasteiger partial charge in [-0.05, 0) is 20.3 Å². The number of nitrogens with two attached hydrogens (primary N) is 1. The summed E-state index contributed by atoms with van der Waals surface area (Å²) in [5, 5.41) is 7.84. The van der Waals surface area contributed by atoms with Crippen molar-refractivity contribution >= 4 is 0 Å². The Morgan fingerprint density at radius 3 is 2.75 bits per heavy atom. The van der Waals surface area contributed by atoms with Gasteiger partial charge in [0.25, 0.3) is 0 Å². The SMILES string of the molecule is CC[C@@H](N)c1nncn1C(C)C. The van der Waals surface area contributed by atoms with E-state index in [1.165, 1.54) is 0 Å². The van der Waals surface area contributed by atoms with E-state index in [-0.39, 0.29) is 6.04 Å². The molecule has 4 heteroatoms. The van der Waals surface area contributed by atoms with Gasteiger partial charge in [0.2, 0.25) is 0 Å². The second-order valence-corrected chi connectivity index (χ2v) is 3.20. The first-order valence-electron chi connectivity index (χ1n) is 4.31. The van der Waals surface area contributed by atoms with Gasteiger partial charge < -0.3 is 10.3 Å². The lowest BCUT2D eigenvalue weighted by atomic mass is 10.2. The largest absolute Gasteiger partial charge is 0.321 e. The summed E-state index contributed by atoms with van der Waals surface area (Å²) < 4.78 is 2.01. The molecule has 1 aromatic rings. The van der Waals surface area contributed by atoms with Gasteiger partial charge >= 0.3 is 0 Å². The lowest BCUT2D eigenvalue weighted by Gasteiger charge is -2.13. The molecule has 0 fully saturated rings. The molecule has 1 atom stereocenters. The summed E-state index contributed by atoms with van der Waals surface area (Å²) in [5.74, 6) is 0.882. The van der Waals surface area contributed by atoms with Crippen molar-refractivity contribution < 1.29 is 0 Å². The Labute approximate surface area is 72.8 Å². The van der Waals surface area contributed by atoms with Crippen LogP contribution < -0.4 is 5.73 Å². The molecule has 0 aliphatic heterocycles. The molecule has 0 aliphatic carbocycles. The molecular weight excluding hydrogens is 152 g/mol. The van der Waals surface area contributed by atoms with Gasteiger partial charge in [0.1, 0.15) is 12.2 Å². The van der Waals surface area contributed by atoms with Gasteiger partial charge in [0, 0.05) is 6.04 Å². The minimum atomic E-state index is 0.00917. The second-order valence-electron chi connectivity index (χ2n) is 3.20. The fourth-order valence-electron chi connectivity index (χ4n) is 1.10. The smallest absolute Gasteiger partial charge is 0.149 e. The van der Waals surface area contributed by atoms with E-state index >= 15 is 0 Å². The third kappa shape index (κ3) is 1.64. The number of aromatic nitrogens is 3. The van der Waals surface area contributed by atoms with E-state index in [4.69, 9.17) is 5.73 Å². The molecule has 1 rings (SSSR count). The Balaban J connectivity index is 2.91. The van der Waals surface area contributed by atoms with Gasteiger partial charge in [-0.2, -0.15) is 0 Å². The van der Waals surface area contributed by atoms with Crippen LogP contribution in [0.4, 0.5) is 0 Å². The number of nitrogens with zero attached hydrogens (tertiary/aromatic N) is 3. The molecule has 4 nitrogen and oxygen atoms in total. The first-order valence-corrected chi connectivity index (χ1v) is 4.31. The van der Waals surface area contributed by atoms with Crippen LogP contribution in [0.3, 0.4) is 0 Å². The molecule has 1 heterocycles. The van der Waals surface area contributed by atoms with E-state index in [0.29, 0.717) is 6.04 Å². The lowest BCUT2D eigenvalue weighted by Crippen LogP contribution is -2.16. The van der Waals surface area contributed by atoms with Gasteiger partial charge in [0.05, 0.1) is 6.04 Å². The van der Waals surface area contributed by atoms with Gasteiger partial charge in [-0.3, -0.25) is 0 Å². The second kappa shape index (κ2) is 3.67. The van der Waals surface area contributed by atoms with Crippen LogP contribution in [0.5, 0.6) is 0 Å². The van der Waals surface area contributed by atoms with Crippen molar-refractivity contribution in [3.05, 3.63) is 12.2 Å². The molecule has 0 aromatic carbocycles. The van der Waals surface area contributed by atoms with E-state index in [1.54, 1.807) is 6.33 Å². The van der Waals surface area contributed by atoms with Gasteiger partial charge in [0.15, 0.2) is 0 Å². The monoisotopic (exact) mass is 168 g/mol. The Kier molecular flexibility index (Phi) is 2.81. The summed E-state index contributed by atoms with van der Waals surface area (Å²) in [7, 11) is 0. The van der Waals surface area contributed by atoms with Gasteiger partial charge in [-0.1, -0.05) is 6.92 Å². The van der Waals surface area contributed by atoms with Crippen LogP contribution in [-0.4, -0.2) is 14.8 Å². The summed E-state index contributed by atoms with van der Waals surface area (Å²) in [5.41, 5.74) is 5.85. The molecule has 2 N–H and O–H groups in total. The molecule has 0 spiro atoms. The standard InChI is InChI=1S/C8H16N4/c1-4-7(9)8-11-10-5-12(8)6(2)3/h5-7H,4,9H2,1-3H3/t7-/m1/s1. The van der Waals surface area contributed by atoms with Crippen molar-refractivity contribution in [1.82, 2.24) is 14.8 Å². The zero-order valence-corrected chi connectivity index (χ0v) is 7.86. The van der Waals surface area contributed by atoms with Crippen molar-refractivity contribution in [2.45, 2.75) is 39.3 Å². The van der Waals surface area contributed by atoms with Crippen molar-refractivity contribution in [2.24, 2.45) is 5.73 Å². The lowest BCUT2D eigenvalue weighted by molar-refractivity contribution is 0.523. The number of hydrogen-bond acceptors (Lipinski definition) is 3. The van der Waals surface area contributed by atoms with Crippen LogP contribution >= 0.6 is 0 Å². The van der Waals surface area contributed by atoms with Crippen molar-refractivity contribution in [2.75, 3.05) is 0 Å². The maximum absolute atomic E-state index is 5.85. The molecule has 1 aromatic heterocycles. The minimum absolute atomic E-state index is 0.00917. The van der Waals surface area contributed by atoms with Crippen LogP contribution in [0.2, 0.25) is 0 Å². The highest BCUT2D eigenvalue weighted by Gasteiger charge is 2.12. The fourth-order valence-corrected chi connectivity index (χ4v) is 1.10. The van der Waals surface area contributed by atoms with Crippen molar-refractivity contribution in [1.29, 1.82) is 0 Å². The Bertz CT molecular complexity index is 241. The molecular formula is C8H16N4. The fraction of sp³-hybridized carbons (Fsp3) is 0.750. The Morgan fingerprint density at radius 2 is 2.25 bits per heavy atom. The molecule has 0 aliphatic rings. The van der Waals surface area contributed by atoms with Gasteiger partial charge in [-0.15, -0.1) is 10.2 Å². The predicted octanol–water partition coefficient (Wildman–Crippen LogP) is 1.27. The van der Waals surface area contributed by atoms with Crippen LogP contribution in [0.15, 0.2) is 6.33 Å². The Hall–Kier alpha value is -0.900. The minimum Gasteiger partial charge on any atom is -0.321 e. The maximum atomic E-state index is 5.85. The topological polar surface area (TPSA) is 56.7 Å². The van der Waals surface area contributed by atoms with E-state index in [1.807, 2.05) is 11.5 Å². The third-order valence-electron chi connectivity index (χ3n) is 1.93. The summed E-state index contributed by atoms with van der Waals surface area (Å²) in [6, 6.07) is 0.391. The Morgan fingerprint density at radius 1 is 1.58 bits per heavy atom. The molecule has 68 valence electrons. The molecule has 0 radical (unpaired) electrons. The van der Waals surface area contributed by atoms with Crippen LogP contribution in [0, 0.1) is 0 Å². The zero-order chi connectivity index (χ0) is 9.14. The summed E-state index contributed by atoms with van der Waals surface area (Å²) in [4.78, 5) is 0. The van der Waals surface area contributed by atoms with E-state index in [0.717, 1.165) is 12.2 Å². The van der Waals surface area contributed by atoms with E-state index in [2.05, 4.69) is 24.0 Å². The third-order valence-corrected chi connectivity index (χ3v) is 1.93. The van der Waals surface area contributed by atoms with Crippen LogP contribution in [-0.2, 0) is 0 Å². The molecule has 0 unspecified atom stereocenters. The van der Waals surface area contributed by atoms with Crippen LogP contribution in [0.25, 0.3) is 0 Å². The molecule has 0 amide bonds. The van der Waals surface area contributed by atoms with Crippen LogP contribution in [0.1, 0.15) is 45.1 Å². The highest BCUT2D eigenvalue weighted by molar-refractivity contribution is 4.94. The first kappa shape index (κ1) is 9.19. The normalized spacial score (nSPS) is 13.8. The number of hydrogen-bond donors (Lipinski definition) is 1. The highest BCUT2D eigenvalue weighted by atomic mass is 15.3. The summed E-state index contributed by atoms with van der Waals surface area (Å²) in [6.07, 6.45) is 2.63. The molecule has 12 heavy (non-hydrogen) atoms. The average Bonchev–Trinajstić information content (AvgIpc) is 2.50. The van der Waals surface area contributed by atoms with E-state index < -0.39 is 0 Å². The average molecular weight is 168 g/mol. The number of rotatable bonds is 3. The molecule has 0 bridgehead atoms. The van der Waals surface area contributed by atoms with Crippen molar-refractivity contribution in [3.8, 4) is 0 Å². The van der Waals surface area contributed by atoms with Crippen molar-refractivity contribution in [3.63, 3.8) is 0 Å². The molecule has 0 saturated carbocycles. The maximum Gasteiger partial charge on any atom is 0.149 e. The van der Waals surface area contributed by atoms with E-state index in [9.17, 15) is 0 Å². The summed E-state index contributed by atoms with van der Waals surface area (Å²) in [6.45, 7) is 6.23. The first-order chi connectivity index (χ1) is 5.66.